The maximum Gasteiger partial charge on any atom is 0.237 e. The van der Waals surface area contributed by atoms with Crippen LogP contribution in [-0.4, -0.2) is 50.0 Å². The Morgan fingerprint density at radius 3 is 3.12 bits per heavy atom. The van der Waals surface area contributed by atoms with Crippen LogP contribution < -0.4 is 10.6 Å². The summed E-state index contributed by atoms with van der Waals surface area (Å²) in [7, 11) is 1.55. The average molecular weight is 244 g/mol. The van der Waals surface area contributed by atoms with Crippen molar-refractivity contribution < 1.29 is 14.6 Å². The van der Waals surface area contributed by atoms with Crippen molar-refractivity contribution in [3.63, 3.8) is 0 Å². The van der Waals surface area contributed by atoms with Gasteiger partial charge in [-0.1, -0.05) is 12.8 Å². The van der Waals surface area contributed by atoms with E-state index in [1.807, 2.05) is 0 Å². The topological polar surface area (TPSA) is 70.6 Å². The van der Waals surface area contributed by atoms with Crippen molar-refractivity contribution in [3.8, 4) is 0 Å². The maximum atomic E-state index is 11.8. The predicted molar refractivity (Wildman–Crippen MR) is 65.8 cm³/mol. The van der Waals surface area contributed by atoms with Crippen LogP contribution >= 0.6 is 0 Å². The molecule has 1 aliphatic heterocycles. The van der Waals surface area contributed by atoms with Gasteiger partial charge >= 0.3 is 0 Å². The van der Waals surface area contributed by atoms with Crippen molar-refractivity contribution >= 4 is 5.91 Å². The van der Waals surface area contributed by atoms with Crippen molar-refractivity contribution in [2.75, 3.05) is 26.8 Å². The average Bonchev–Trinajstić information content (AvgIpc) is 2.57. The number of nitrogens with one attached hydrogen (secondary N) is 2. The van der Waals surface area contributed by atoms with Crippen LogP contribution in [0.3, 0.4) is 0 Å². The molecule has 17 heavy (non-hydrogen) atoms. The van der Waals surface area contributed by atoms with Crippen molar-refractivity contribution in [3.05, 3.63) is 0 Å². The number of carbonyl (C=O) groups is 1. The van der Waals surface area contributed by atoms with Gasteiger partial charge in [-0.3, -0.25) is 4.79 Å². The van der Waals surface area contributed by atoms with E-state index < -0.39 is 6.10 Å². The lowest BCUT2D eigenvalue weighted by Gasteiger charge is -2.16. The predicted octanol–water partition coefficient (Wildman–Crippen LogP) is 0.0322. The van der Waals surface area contributed by atoms with Crippen molar-refractivity contribution in [1.82, 2.24) is 10.6 Å². The van der Waals surface area contributed by atoms with Gasteiger partial charge in [-0.15, -0.1) is 0 Å². The number of amides is 1. The Morgan fingerprint density at radius 1 is 1.53 bits per heavy atom. The van der Waals surface area contributed by atoms with Gasteiger partial charge in [0.2, 0.25) is 5.91 Å². The van der Waals surface area contributed by atoms with E-state index >= 15 is 0 Å². The monoisotopic (exact) mass is 244 g/mol. The van der Waals surface area contributed by atoms with E-state index in [4.69, 9.17) is 4.74 Å². The number of carbonyl (C=O) groups excluding carboxylic acids is 1. The van der Waals surface area contributed by atoms with Gasteiger partial charge in [0.1, 0.15) is 0 Å². The number of methoxy groups -OCH3 is 1. The van der Waals surface area contributed by atoms with Crippen molar-refractivity contribution in [2.24, 2.45) is 0 Å². The fourth-order valence-corrected chi connectivity index (χ4v) is 2.01. The van der Waals surface area contributed by atoms with Gasteiger partial charge in [-0.05, 0) is 25.8 Å². The number of aliphatic hydroxyl groups is 1. The van der Waals surface area contributed by atoms with Crippen LogP contribution in [0.4, 0.5) is 0 Å². The molecule has 5 nitrogen and oxygen atoms in total. The molecule has 5 heteroatoms. The van der Waals surface area contributed by atoms with Gasteiger partial charge in [0.25, 0.3) is 0 Å². The third-order valence-corrected chi connectivity index (χ3v) is 3.01. The summed E-state index contributed by atoms with van der Waals surface area (Å²) < 4.78 is 4.82. The van der Waals surface area contributed by atoms with E-state index in [1.165, 1.54) is 6.42 Å². The second-order valence-corrected chi connectivity index (χ2v) is 4.54. The van der Waals surface area contributed by atoms with E-state index in [2.05, 4.69) is 10.6 Å². The molecule has 0 aromatic rings. The Kier molecular flexibility index (Phi) is 7.16. The van der Waals surface area contributed by atoms with E-state index in [0.29, 0.717) is 19.6 Å². The van der Waals surface area contributed by atoms with Gasteiger partial charge < -0.3 is 20.5 Å². The van der Waals surface area contributed by atoms with Crippen LogP contribution in [0.15, 0.2) is 0 Å². The minimum absolute atomic E-state index is 0.0523. The summed E-state index contributed by atoms with van der Waals surface area (Å²) in [5.41, 5.74) is 0. The minimum atomic E-state index is -0.498. The molecule has 1 heterocycles. The first-order chi connectivity index (χ1) is 8.24. The highest BCUT2D eigenvalue weighted by Gasteiger charge is 2.18. The lowest BCUT2D eigenvalue weighted by Crippen LogP contribution is -2.44. The van der Waals surface area contributed by atoms with Crippen LogP contribution in [0, 0.1) is 0 Å². The van der Waals surface area contributed by atoms with Gasteiger partial charge in [0.05, 0.1) is 18.8 Å². The molecular formula is C12H24N2O3. The molecule has 1 saturated heterocycles. The summed E-state index contributed by atoms with van der Waals surface area (Å²) in [6.07, 6.45) is 4.40. The maximum absolute atomic E-state index is 11.8. The Bertz CT molecular complexity index is 216. The zero-order chi connectivity index (χ0) is 12.5. The second-order valence-electron chi connectivity index (χ2n) is 4.54. The number of aliphatic hydroxyl groups excluding tert-OH is 1. The Morgan fingerprint density at radius 2 is 2.35 bits per heavy atom. The van der Waals surface area contributed by atoms with E-state index in [0.717, 1.165) is 25.8 Å². The van der Waals surface area contributed by atoms with Crippen LogP contribution in [0.25, 0.3) is 0 Å². The normalized spacial score (nSPS) is 22.8. The molecule has 0 saturated carbocycles. The molecule has 2 atom stereocenters. The number of rotatable bonds is 6. The van der Waals surface area contributed by atoms with Gasteiger partial charge in [-0.25, -0.2) is 0 Å². The lowest BCUT2D eigenvalue weighted by atomic mass is 10.1. The molecule has 1 aliphatic rings. The second kappa shape index (κ2) is 8.44. The summed E-state index contributed by atoms with van der Waals surface area (Å²) in [5.74, 6) is 0.0523. The lowest BCUT2D eigenvalue weighted by molar-refractivity contribution is -0.123. The largest absolute Gasteiger partial charge is 0.391 e. The molecule has 3 N–H and O–H groups in total. The van der Waals surface area contributed by atoms with Crippen LogP contribution in [-0.2, 0) is 9.53 Å². The first-order valence-electron chi connectivity index (χ1n) is 6.42. The molecule has 1 amide bonds. The Hall–Kier alpha value is -0.650. The van der Waals surface area contributed by atoms with E-state index in [-0.39, 0.29) is 11.9 Å². The summed E-state index contributed by atoms with van der Waals surface area (Å²) in [4.78, 5) is 11.8. The van der Waals surface area contributed by atoms with Gasteiger partial charge in [0, 0.05) is 13.7 Å². The molecule has 0 spiro atoms. The van der Waals surface area contributed by atoms with Crippen LogP contribution in [0.5, 0.6) is 0 Å². The molecule has 1 fully saturated rings. The minimum Gasteiger partial charge on any atom is -0.391 e. The summed E-state index contributed by atoms with van der Waals surface area (Å²) in [6.45, 7) is 1.74. The van der Waals surface area contributed by atoms with Crippen LogP contribution in [0.1, 0.15) is 32.1 Å². The zero-order valence-corrected chi connectivity index (χ0v) is 10.6. The molecule has 0 aromatic heterocycles. The summed E-state index contributed by atoms with van der Waals surface area (Å²) in [5, 5.41) is 15.5. The standard InChI is InChI=1S/C12H24N2O3/c1-17-9-10(15)6-8-14-12(16)11-5-3-2-4-7-13-11/h10-11,13,15H,2-9H2,1H3,(H,14,16). The highest BCUT2D eigenvalue weighted by Crippen LogP contribution is 2.08. The van der Waals surface area contributed by atoms with Gasteiger partial charge in [0.15, 0.2) is 0 Å². The summed E-state index contributed by atoms with van der Waals surface area (Å²) in [6, 6.07) is -0.0583. The molecule has 0 aromatic carbocycles. The van der Waals surface area contributed by atoms with Crippen molar-refractivity contribution in [1.29, 1.82) is 0 Å². The molecule has 0 radical (unpaired) electrons. The van der Waals surface area contributed by atoms with Gasteiger partial charge in [-0.2, -0.15) is 0 Å². The third kappa shape index (κ3) is 6.00. The van der Waals surface area contributed by atoms with E-state index in [1.54, 1.807) is 7.11 Å². The SMILES string of the molecule is COCC(O)CCNC(=O)C1CCCCCN1. The smallest absolute Gasteiger partial charge is 0.237 e. The number of hydrogen-bond acceptors (Lipinski definition) is 4. The zero-order valence-electron chi connectivity index (χ0n) is 10.6. The fourth-order valence-electron chi connectivity index (χ4n) is 2.01. The number of ether oxygens (including phenoxy) is 1. The highest BCUT2D eigenvalue weighted by molar-refractivity contribution is 5.81. The molecule has 100 valence electrons. The molecule has 2 unspecified atom stereocenters. The molecule has 1 rings (SSSR count). The van der Waals surface area contributed by atoms with Crippen molar-refractivity contribution in [2.45, 2.75) is 44.2 Å². The van der Waals surface area contributed by atoms with E-state index in [9.17, 15) is 9.90 Å². The summed E-state index contributed by atoms with van der Waals surface area (Å²) >= 11 is 0. The molecule has 0 aliphatic carbocycles. The molecular weight excluding hydrogens is 220 g/mol. The number of hydrogen-bond donors (Lipinski definition) is 3. The molecule has 0 bridgehead atoms. The van der Waals surface area contributed by atoms with Crippen LogP contribution in [0.2, 0.25) is 0 Å². The Labute approximate surface area is 103 Å². The Balaban J connectivity index is 2.15. The first kappa shape index (κ1) is 14.4. The first-order valence-corrected chi connectivity index (χ1v) is 6.42. The quantitative estimate of drug-likeness (QED) is 0.616. The third-order valence-electron chi connectivity index (χ3n) is 3.01. The highest BCUT2D eigenvalue weighted by atomic mass is 16.5. The fraction of sp³-hybridized carbons (Fsp3) is 0.917.